The molecule has 2 aromatic carbocycles. The van der Waals surface area contributed by atoms with Crippen molar-refractivity contribution in [3.8, 4) is 5.75 Å². The molecule has 1 aliphatic heterocycles. The summed E-state index contributed by atoms with van der Waals surface area (Å²) < 4.78 is 53.8. The number of nitrogens with one attached hydrogen (secondary N) is 1. The number of Topliss-reactive ketones (excluding diaryl/α,β-unsaturated/α-hetero) is 1. The molecule has 1 saturated heterocycles. The second kappa shape index (κ2) is 12.1. The fourth-order valence-electron chi connectivity index (χ4n) is 5.31. The van der Waals surface area contributed by atoms with Crippen LogP contribution >= 0.6 is 0 Å². The molecule has 200 valence electrons. The predicted molar refractivity (Wildman–Crippen MR) is 131 cm³/mol. The first kappa shape index (κ1) is 27.1. The Morgan fingerprint density at radius 3 is 2.05 bits per heavy atom. The Labute approximate surface area is 214 Å². The molecule has 1 amide bonds. The summed E-state index contributed by atoms with van der Waals surface area (Å²) >= 11 is 0. The number of alkyl halides is 3. The van der Waals surface area contributed by atoms with Crippen molar-refractivity contribution in [3.05, 3.63) is 65.5 Å². The van der Waals surface area contributed by atoms with Crippen molar-refractivity contribution in [1.82, 2.24) is 10.2 Å². The van der Waals surface area contributed by atoms with E-state index in [1.54, 1.807) is 12.1 Å². The van der Waals surface area contributed by atoms with Gasteiger partial charge in [0.1, 0.15) is 11.6 Å². The highest BCUT2D eigenvalue weighted by atomic mass is 19.4. The minimum absolute atomic E-state index is 0.00544. The van der Waals surface area contributed by atoms with Gasteiger partial charge in [-0.15, -0.1) is 13.2 Å². The normalized spacial score (nSPS) is 21.4. The van der Waals surface area contributed by atoms with Crippen LogP contribution in [0.15, 0.2) is 48.5 Å². The molecule has 0 bridgehead atoms. The van der Waals surface area contributed by atoms with Gasteiger partial charge in [-0.25, -0.2) is 4.39 Å². The van der Waals surface area contributed by atoms with Gasteiger partial charge in [0.2, 0.25) is 0 Å². The van der Waals surface area contributed by atoms with Crippen molar-refractivity contribution in [2.75, 3.05) is 19.6 Å². The Morgan fingerprint density at radius 2 is 1.46 bits per heavy atom. The van der Waals surface area contributed by atoms with Crippen LogP contribution in [0.25, 0.3) is 0 Å². The van der Waals surface area contributed by atoms with Gasteiger partial charge in [-0.1, -0.05) is 0 Å². The second-order valence-corrected chi connectivity index (χ2v) is 10.0. The van der Waals surface area contributed by atoms with Gasteiger partial charge in [0.15, 0.2) is 5.78 Å². The molecule has 0 unspecified atom stereocenters. The van der Waals surface area contributed by atoms with Crippen molar-refractivity contribution in [2.45, 2.75) is 57.3 Å². The first-order valence-electron chi connectivity index (χ1n) is 12.8. The maximum Gasteiger partial charge on any atom is 0.573 e. The van der Waals surface area contributed by atoms with Crippen molar-refractivity contribution < 1.29 is 31.9 Å². The van der Waals surface area contributed by atoms with E-state index >= 15 is 0 Å². The smallest absolute Gasteiger partial charge is 0.406 e. The van der Waals surface area contributed by atoms with Gasteiger partial charge in [0, 0.05) is 23.1 Å². The number of ether oxygens (including phenoxy) is 1. The van der Waals surface area contributed by atoms with Gasteiger partial charge in [0.25, 0.3) is 5.91 Å². The number of rotatable bonds is 8. The van der Waals surface area contributed by atoms with Crippen LogP contribution in [0.4, 0.5) is 17.6 Å². The maximum atomic E-state index is 13.1. The molecule has 1 saturated carbocycles. The van der Waals surface area contributed by atoms with E-state index in [1.807, 2.05) is 0 Å². The summed E-state index contributed by atoms with van der Waals surface area (Å²) in [6.45, 7) is 2.76. The molecule has 5 nitrogen and oxygen atoms in total. The van der Waals surface area contributed by atoms with E-state index in [-0.39, 0.29) is 35.2 Å². The molecule has 4 rings (SSSR count). The van der Waals surface area contributed by atoms with Crippen LogP contribution in [0, 0.1) is 17.7 Å². The number of carbonyl (C=O) groups is 2. The van der Waals surface area contributed by atoms with E-state index in [9.17, 15) is 27.2 Å². The number of hydrogen-bond acceptors (Lipinski definition) is 4. The molecule has 2 aromatic rings. The molecule has 1 N–H and O–H groups in total. The quantitative estimate of drug-likeness (QED) is 0.343. The number of halogens is 4. The standard InChI is InChI=1S/C28H32F4N2O3/c29-23-7-3-20(4-8-23)26(35)21-14-17-34(18-15-21)16-13-19-1-9-24(10-2-19)33-27(36)22-5-11-25(12-6-22)37-28(30,31)32/h3-8,11-12,19,21,24H,1-2,9-10,13-18H2,(H,33,36)/t19-,24-. The number of amides is 1. The highest BCUT2D eigenvalue weighted by Gasteiger charge is 2.31. The van der Waals surface area contributed by atoms with Crippen molar-refractivity contribution in [1.29, 1.82) is 0 Å². The molecule has 0 aromatic heterocycles. The van der Waals surface area contributed by atoms with E-state index in [1.165, 1.54) is 24.3 Å². The Hall–Kier alpha value is -2.94. The van der Waals surface area contributed by atoms with E-state index in [0.717, 1.165) is 76.7 Å². The van der Waals surface area contributed by atoms with Gasteiger partial charge in [0.05, 0.1) is 0 Å². The van der Waals surface area contributed by atoms with Crippen LogP contribution in [-0.4, -0.2) is 48.6 Å². The monoisotopic (exact) mass is 520 g/mol. The summed E-state index contributed by atoms with van der Waals surface area (Å²) in [6, 6.07) is 10.8. The summed E-state index contributed by atoms with van der Waals surface area (Å²) in [5.74, 6) is -0.297. The minimum Gasteiger partial charge on any atom is -0.406 e. The molecule has 1 aliphatic carbocycles. The SMILES string of the molecule is O=C(N[C@H]1CC[C@H](CCN2CCC(C(=O)c3ccc(F)cc3)CC2)CC1)c1ccc(OC(F)(F)F)cc1. The highest BCUT2D eigenvalue weighted by molar-refractivity contribution is 5.97. The number of benzene rings is 2. The molecular formula is C28H32F4N2O3. The van der Waals surface area contributed by atoms with Gasteiger partial charge in [-0.2, -0.15) is 0 Å². The van der Waals surface area contributed by atoms with Crippen LogP contribution in [0.5, 0.6) is 5.75 Å². The number of likely N-dealkylation sites (tertiary alicyclic amines) is 1. The van der Waals surface area contributed by atoms with Gasteiger partial charge in [-0.3, -0.25) is 9.59 Å². The average Bonchev–Trinajstić information content (AvgIpc) is 2.88. The molecule has 2 fully saturated rings. The van der Waals surface area contributed by atoms with Gasteiger partial charge >= 0.3 is 6.36 Å². The zero-order valence-corrected chi connectivity index (χ0v) is 20.6. The Morgan fingerprint density at radius 1 is 0.865 bits per heavy atom. The van der Waals surface area contributed by atoms with Gasteiger partial charge < -0.3 is 15.0 Å². The van der Waals surface area contributed by atoms with E-state index in [0.29, 0.717) is 17.0 Å². The molecule has 9 heteroatoms. The van der Waals surface area contributed by atoms with E-state index in [4.69, 9.17) is 0 Å². The summed E-state index contributed by atoms with van der Waals surface area (Å²) in [5.41, 5.74) is 0.883. The van der Waals surface area contributed by atoms with Crippen LogP contribution in [0.3, 0.4) is 0 Å². The molecule has 0 spiro atoms. The van der Waals surface area contributed by atoms with Crippen molar-refractivity contribution in [2.24, 2.45) is 11.8 Å². The highest BCUT2D eigenvalue weighted by Crippen LogP contribution is 2.29. The second-order valence-electron chi connectivity index (χ2n) is 10.0. The number of carbonyl (C=O) groups excluding carboxylic acids is 2. The summed E-state index contributed by atoms with van der Waals surface area (Å²) in [5, 5.41) is 3.00. The summed E-state index contributed by atoms with van der Waals surface area (Å²) in [6.07, 6.45) is 1.74. The fourth-order valence-corrected chi connectivity index (χ4v) is 5.31. The number of ketones is 1. The molecule has 0 radical (unpaired) electrons. The van der Waals surface area contributed by atoms with Crippen molar-refractivity contribution in [3.63, 3.8) is 0 Å². The Bertz CT molecular complexity index is 1040. The predicted octanol–water partition coefficient (Wildman–Crippen LogP) is 6.00. The Balaban J connectivity index is 1.13. The van der Waals surface area contributed by atoms with E-state index < -0.39 is 6.36 Å². The van der Waals surface area contributed by atoms with E-state index in [2.05, 4.69) is 15.0 Å². The van der Waals surface area contributed by atoms with Gasteiger partial charge in [-0.05, 0) is 119 Å². The molecule has 37 heavy (non-hydrogen) atoms. The summed E-state index contributed by atoms with van der Waals surface area (Å²) in [4.78, 5) is 27.6. The topological polar surface area (TPSA) is 58.6 Å². The lowest BCUT2D eigenvalue weighted by atomic mass is 9.83. The number of hydrogen-bond donors (Lipinski definition) is 1. The third-order valence-corrected chi connectivity index (χ3v) is 7.47. The van der Waals surface area contributed by atoms with Crippen LogP contribution in [-0.2, 0) is 0 Å². The third kappa shape index (κ3) is 8.02. The zero-order chi connectivity index (χ0) is 26.4. The maximum absolute atomic E-state index is 13.1. The molecule has 1 heterocycles. The number of nitrogens with zero attached hydrogens (tertiary/aromatic N) is 1. The van der Waals surface area contributed by atoms with Crippen LogP contribution in [0.2, 0.25) is 0 Å². The fraction of sp³-hybridized carbons (Fsp3) is 0.500. The molecular weight excluding hydrogens is 488 g/mol. The lowest BCUT2D eigenvalue weighted by Gasteiger charge is -2.34. The Kier molecular flexibility index (Phi) is 8.84. The van der Waals surface area contributed by atoms with Crippen LogP contribution < -0.4 is 10.1 Å². The lowest BCUT2D eigenvalue weighted by molar-refractivity contribution is -0.274. The number of piperidine rings is 1. The average molecular weight is 521 g/mol. The lowest BCUT2D eigenvalue weighted by Crippen LogP contribution is -2.39. The van der Waals surface area contributed by atoms with Crippen molar-refractivity contribution >= 4 is 11.7 Å². The third-order valence-electron chi connectivity index (χ3n) is 7.47. The molecule has 2 aliphatic rings. The first-order chi connectivity index (χ1) is 17.7. The zero-order valence-electron chi connectivity index (χ0n) is 20.6. The molecule has 0 atom stereocenters. The largest absolute Gasteiger partial charge is 0.573 e. The minimum atomic E-state index is -4.76. The first-order valence-corrected chi connectivity index (χ1v) is 12.8. The van der Waals surface area contributed by atoms with Crippen LogP contribution in [0.1, 0.15) is 65.7 Å². The summed E-state index contributed by atoms with van der Waals surface area (Å²) in [7, 11) is 0.